The molecule has 3 aromatic rings. The van der Waals surface area contributed by atoms with Gasteiger partial charge in [-0.2, -0.15) is 0 Å². The van der Waals surface area contributed by atoms with Crippen molar-refractivity contribution in [3.8, 4) is 0 Å². The minimum Gasteiger partial charge on any atom is -0.325 e. The minimum atomic E-state index is -0.593. The molecule has 3 rings (SSSR count). The number of halogens is 2. The molecule has 2 heterocycles. The van der Waals surface area contributed by atoms with Gasteiger partial charge in [-0.25, -0.2) is 13.8 Å². The van der Waals surface area contributed by atoms with Crippen LogP contribution in [0.15, 0.2) is 39.7 Å². The summed E-state index contributed by atoms with van der Waals surface area (Å²) in [4.78, 5) is 5.55. The van der Waals surface area contributed by atoms with E-state index in [0.29, 0.717) is 16.5 Å². The van der Waals surface area contributed by atoms with Crippen LogP contribution in [-0.2, 0) is 6.54 Å². The summed E-state index contributed by atoms with van der Waals surface area (Å²) in [6.07, 6.45) is 1.88. The van der Waals surface area contributed by atoms with Crippen LogP contribution in [0.4, 0.5) is 8.78 Å². The van der Waals surface area contributed by atoms with E-state index in [9.17, 15) is 8.78 Å². The molecule has 3 nitrogen and oxygen atoms in total. The Morgan fingerprint density at radius 1 is 1.37 bits per heavy atom. The first-order chi connectivity index (χ1) is 9.19. The Hall–Kier alpha value is -1.44. The van der Waals surface area contributed by atoms with Crippen LogP contribution >= 0.6 is 23.1 Å². The Morgan fingerprint density at radius 3 is 2.95 bits per heavy atom. The minimum absolute atomic E-state index is 0.309. The third kappa shape index (κ3) is 2.24. The number of fused-ring (bicyclic) bond motifs is 1. The van der Waals surface area contributed by atoms with Crippen LogP contribution in [0.2, 0.25) is 0 Å². The fraction of sp³-hybridized carbons (Fsp3) is 0.0833. The highest BCUT2D eigenvalue weighted by Crippen LogP contribution is 2.33. The number of benzene rings is 1. The maximum absolute atomic E-state index is 13.6. The molecule has 0 aliphatic heterocycles. The molecule has 0 bridgehead atoms. The van der Waals surface area contributed by atoms with Gasteiger partial charge >= 0.3 is 0 Å². The summed E-state index contributed by atoms with van der Waals surface area (Å²) >= 11 is 2.64. The van der Waals surface area contributed by atoms with E-state index in [4.69, 9.17) is 5.73 Å². The fourth-order valence-electron chi connectivity index (χ4n) is 1.74. The van der Waals surface area contributed by atoms with Gasteiger partial charge in [-0.05, 0) is 12.1 Å². The van der Waals surface area contributed by atoms with Gasteiger partial charge in [0.05, 0.1) is 5.69 Å². The molecule has 0 saturated heterocycles. The second-order valence-corrected chi connectivity index (χ2v) is 5.70. The van der Waals surface area contributed by atoms with Crippen molar-refractivity contribution in [1.82, 2.24) is 9.38 Å². The van der Waals surface area contributed by atoms with Gasteiger partial charge in [0, 0.05) is 29.1 Å². The summed E-state index contributed by atoms with van der Waals surface area (Å²) in [6, 6.07) is 3.50. The molecule has 98 valence electrons. The SMILES string of the molecule is NCc1c(Sc2ccc(F)cc2F)nc2sccn12. The third-order valence-corrected chi connectivity index (χ3v) is 4.45. The highest BCUT2D eigenvalue weighted by Gasteiger charge is 2.15. The number of thiazole rings is 1. The molecular formula is C12H9F2N3S2. The average Bonchev–Trinajstić information content (AvgIpc) is 2.92. The lowest BCUT2D eigenvalue weighted by Crippen LogP contribution is -2.01. The number of hydrogen-bond acceptors (Lipinski definition) is 4. The van der Waals surface area contributed by atoms with Crippen molar-refractivity contribution >= 4 is 28.1 Å². The zero-order chi connectivity index (χ0) is 13.4. The van der Waals surface area contributed by atoms with E-state index in [2.05, 4.69) is 4.98 Å². The summed E-state index contributed by atoms with van der Waals surface area (Å²) in [7, 11) is 0. The van der Waals surface area contributed by atoms with Crippen molar-refractivity contribution in [2.24, 2.45) is 5.73 Å². The number of aromatic nitrogens is 2. The van der Waals surface area contributed by atoms with Crippen LogP contribution in [0.25, 0.3) is 4.96 Å². The third-order valence-electron chi connectivity index (χ3n) is 2.62. The van der Waals surface area contributed by atoms with Crippen LogP contribution in [-0.4, -0.2) is 9.38 Å². The molecule has 2 N–H and O–H groups in total. The lowest BCUT2D eigenvalue weighted by Gasteiger charge is -2.03. The zero-order valence-corrected chi connectivity index (χ0v) is 11.3. The van der Waals surface area contributed by atoms with Crippen LogP contribution in [0.5, 0.6) is 0 Å². The topological polar surface area (TPSA) is 43.3 Å². The molecule has 7 heteroatoms. The van der Waals surface area contributed by atoms with Gasteiger partial charge < -0.3 is 5.73 Å². The Labute approximate surface area is 116 Å². The van der Waals surface area contributed by atoms with E-state index in [0.717, 1.165) is 28.5 Å². The lowest BCUT2D eigenvalue weighted by atomic mass is 10.3. The Bertz CT molecular complexity index is 736. The van der Waals surface area contributed by atoms with E-state index in [-0.39, 0.29) is 0 Å². The number of hydrogen-bond donors (Lipinski definition) is 1. The number of nitrogens with zero attached hydrogens (tertiary/aromatic N) is 2. The molecule has 1 aromatic carbocycles. The van der Waals surface area contributed by atoms with E-state index < -0.39 is 11.6 Å². The normalized spacial score (nSPS) is 11.3. The molecule has 0 saturated carbocycles. The smallest absolute Gasteiger partial charge is 0.194 e. The van der Waals surface area contributed by atoms with Gasteiger partial charge in [0.1, 0.15) is 16.7 Å². The number of imidazole rings is 1. The van der Waals surface area contributed by atoms with Gasteiger partial charge in [-0.15, -0.1) is 11.3 Å². The molecule has 19 heavy (non-hydrogen) atoms. The Morgan fingerprint density at radius 2 is 2.21 bits per heavy atom. The molecule has 0 radical (unpaired) electrons. The molecule has 0 aliphatic carbocycles. The summed E-state index contributed by atoms with van der Waals surface area (Å²) in [5.74, 6) is -1.18. The van der Waals surface area contributed by atoms with Crippen molar-refractivity contribution < 1.29 is 8.78 Å². The quantitative estimate of drug-likeness (QED) is 0.807. The monoisotopic (exact) mass is 297 g/mol. The Kier molecular flexibility index (Phi) is 3.26. The summed E-state index contributed by atoms with van der Waals surface area (Å²) in [6.45, 7) is 0.309. The van der Waals surface area contributed by atoms with Gasteiger partial charge in [0.25, 0.3) is 0 Å². The highest BCUT2D eigenvalue weighted by molar-refractivity contribution is 7.99. The van der Waals surface area contributed by atoms with Gasteiger partial charge in [-0.3, -0.25) is 4.40 Å². The van der Waals surface area contributed by atoms with E-state index in [1.165, 1.54) is 23.5 Å². The molecule has 0 amide bonds. The number of rotatable bonds is 3. The molecule has 2 aromatic heterocycles. The maximum atomic E-state index is 13.6. The number of nitrogens with two attached hydrogens (primary N) is 1. The van der Waals surface area contributed by atoms with E-state index in [1.807, 2.05) is 16.0 Å². The van der Waals surface area contributed by atoms with Gasteiger partial charge in [-0.1, -0.05) is 11.8 Å². The molecule has 0 fully saturated rings. The van der Waals surface area contributed by atoms with E-state index >= 15 is 0 Å². The van der Waals surface area contributed by atoms with Gasteiger partial charge in [0.15, 0.2) is 4.96 Å². The van der Waals surface area contributed by atoms with Gasteiger partial charge in [0.2, 0.25) is 0 Å². The van der Waals surface area contributed by atoms with Crippen LogP contribution in [0.1, 0.15) is 5.69 Å². The van der Waals surface area contributed by atoms with Crippen molar-refractivity contribution in [3.05, 3.63) is 47.1 Å². The molecular weight excluding hydrogens is 288 g/mol. The van der Waals surface area contributed by atoms with Crippen molar-refractivity contribution in [2.45, 2.75) is 16.5 Å². The first kappa shape index (κ1) is 12.6. The standard InChI is InChI=1S/C12H9F2N3S2/c13-7-1-2-10(8(14)5-7)19-11-9(6-15)17-3-4-18-12(17)16-11/h1-5H,6,15H2. The molecule has 0 unspecified atom stereocenters. The largest absolute Gasteiger partial charge is 0.325 e. The van der Waals surface area contributed by atoms with Crippen LogP contribution in [0.3, 0.4) is 0 Å². The average molecular weight is 297 g/mol. The summed E-state index contributed by atoms with van der Waals surface area (Å²) in [5, 5.41) is 2.56. The zero-order valence-electron chi connectivity index (χ0n) is 9.64. The van der Waals surface area contributed by atoms with Crippen LogP contribution < -0.4 is 5.73 Å². The maximum Gasteiger partial charge on any atom is 0.194 e. The first-order valence-electron chi connectivity index (χ1n) is 5.46. The second-order valence-electron chi connectivity index (χ2n) is 3.80. The molecule has 0 atom stereocenters. The predicted molar refractivity (Wildman–Crippen MR) is 71.4 cm³/mol. The summed E-state index contributed by atoms with van der Waals surface area (Å²) in [5.41, 5.74) is 6.54. The van der Waals surface area contributed by atoms with Crippen LogP contribution in [0, 0.1) is 11.6 Å². The summed E-state index contributed by atoms with van der Waals surface area (Å²) < 4.78 is 28.4. The molecule has 0 spiro atoms. The first-order valence-corrected chi connectivity index (χ1v) is 7.16. The Balaban J connectivity index is 2.02. The predicted octanol–water partition coefficient (Wildman–Crippen LogP) is 3.28. The van der Waals surface area contributed by atoms with E-state index in [1.54, 1.807) is 0 Å². The second kappa shape index (κ2) is 4.92. The van der Waals surface area contributed by atoms with Crippen molar-refractivity contribution in [2.75, 3.05) is 0 Å². The lowest BCUT2D eigenvalue weighted by molar-refractivity contribution is 0.565. The highest BCUT2D eigenvalue weighted by atomic mass is 32.2. The van der Waals surface area contributed by atoms with Crippen molar-refractivity contribution in [1.29, 1.82) is 0 Å². The fourth-order valence-corrected chi connectivity index (χ4v) is 3.47. The van der Waals surface area contributed by atoms with Crippen molar-refractivity contribution in [3.63, 3.8) is 0 Å². The molecule has 0 aliphatic rings.